The number of aromatic nitrogens is 4. The van der Waals surface area contributed by atoms with Crippen LogP contribution in [0.15, 0.2) is 53.9 Å². The summed E-state index contributed by atoms with van der Waals surface area (Å²) >= 11 is 0. The molecule has 3 fully saturated rings. The molecule has 2 aromatic heterocycles. The van der Waals surface area contributed by atoms with Crippen LogP contribution in [0.2, 0.25) is 0 Å². The van der Waals surface area contributed by atoms with Crippen molar-refractivity contribution in [3.05, 3.63) is 65.7 Å². The molecule has 3 aliphatic rings. The van der Waals surface area contributed by atoms with Gasteiger partial charge in [-0.2, -0.15) is 0 Å². The first-order valence-electron chi connectivity index (χ1n) is 29.5. The molecule has 24 heteroatoms. The molecule has 6 rings (SSSR count). The second-order valence-corrected chi connectivity index (χ2v) is 24.1. The third-order valence-corrected chi connectivity index (χ3v) is 17.7. The smallest absolute Gasteiger partial charge is 0.311 e. The molecule has 0 saturated carbocycles. The molecule has 0 radical (unpaired) electrons. The summed E-state index contributed by atoms with van der Waals surface area (Å²) in [6.07, 6.45) is -6.82. The summed E-state index contributed by atoms with van der Waals surface area (Å²) < 4.78 is 78.3. The standard InChI is InChI=1S/C61H95FN6O17/c1-17-48-61(11,74)54(71)36(4)50(65-80-33-75-13)34(2)28-60(10,78-16)56(37(5)52(38(6)57(73)83-48)84-49-29-59(9,77-15)55(72)39(7)82-49)85-58-51(70)46(26-35(3)81-58)67(12)25-23-44-31-68(66-64-44)47(30-62)53(76-14)42-20-18-41(19-21-42)43-22-24-63-45(27-43)32-79-40(8)69/h18-22,24,27,31,34-39,46-49,51-56,58,70-72,74H,17,23,25-26,28-30,32-33H2,1-16H3/b65-50+/t34-,35-,36+,37+,38-,39+,46+,47-,48-,49+,51-,52+,53-,54-,55+,56-,58+,59-,60-,61-/m1/s1. The van der Waals surface area contributed by atoms with E-state index in [-0.39, 0.29) is 32.7 Å². The van der Waals surface area contributed by atoms with Crippen LogP contribution in [-0.4, -0.2) is 203 Å². The third-order valence-electron chi connectivity index (χ3n) is 17.7. The van der Waals surface area contributed by atoms with Crippen LogP contribution in [0.1, 0.15) is 131 Å². The van der Waals surface area contributed by atoms with Crippen molar-refractivity contribution < 1.29 is 86.6 Å². The maximum Gasteiger partial charge on any atom is 0.311 e. The summed E-state index contributed by atoms with van der Waals surface area (Å²) in [5, 5.41) is 61.2. The Morgan fingerprint density at radius 1 is 0.918 bits per heavy atom. The van der Waals surface area contributed by atoms with Gasteiger partial charge in [-0.1, -0.05) is 62.3 Å². The van der Waals surface area contributed by atoms with Crippen LogP contribution in [-0.2, 0) is 74.8 Å². The molecule has 4 N–H and O–H groups in total. The maximum absolute atomic E-state index is 15.1. The number of ether oxygens (including phenoxy) is 10. The van der Waals surface area contributed by atoms with E-state index in [2.05, 4.69) is 20.5 Å². The lowest BCUT2D eigenvalue weighted by molar-refractivity contribution is -0.319. The van der Waals surface area contributed by atoms with Gasteiger partial charge in [0.15, 0.2) is 12.6 Å². The normalized spacial score (nSPS) is 35.7. The number of likely N-dealkylation sites (N-methyl/N-ethyl adjacent to an activating group) is 1. The van der Waals surface area contributed by atoms with E-state index in [4.69, 9.17) is 52.2 Å². The average Bonchev–Trinajstić information content (AvgIpc) is 3.17. The van der Waals surface area contributed by atoms with E-state index in [1.54, 1.807) is 47.0 Å². The molecule has 3 saturated heterocycles. The zero-order valence-electron chi connectivity index (χ0n) is 52.5. The van der Waals surface area contributed by atoms with Gasteiger partial charge in [-0.3, -0.25) is 14.6 Å². The van der Waals surface area contributed by atoms with E-state index < -0.39 is 139 Å². The summed E-state index contributed by atoms with van der Waals surface area (Å²) in [5.41, 5.74) is -0.403. The second kappa shape index (κ2) is 30.5. The monoisotopic (exact) mass is 1200 g/mol. The van der Waals surface area contributed by atoms with Crippen molar-refractivity contribution in [1.29, 1.82) is 0 Å². The Morgan fingerprint density at radius 3 is 2.24 bits per heavy atom. The number of esters is 2. The average molecular weight is 1200 g/mol. The lowest BCUT2D eigenvalue weighted by Crippen LogP contribution is -2.61. The van der Waals surface area contributed by atoms with E-state index >= 15 is 4.39 Å². The van der Waals surface area contributed by atoms with E-state index in [9.17, 15) is 30.0 Å². The fourth-order valence-corrected chi connectivity index (χ4v) is 12.5. The highest BCUT2D eigenvalue weighted by Gasteiger charge is 2.54. The number of oxime groups is 1. The van der Waals surface area contributed by atoms with Crippen LogP contribution in [0.3, 0.4) is 0 Å². The number of carbonyl (C=O) groups excluding carboxylic acids is 2. The fraction of sp³-hybridized carbons (Fsp3) is 0.738. The minimum absolute atomic E-state index is 0.0520. The van der Waals surface area contributed by atoms with Crippen LogP contribution < -0.4 is 0 Å². The molecule has 20 atom stereocenters. The SMILES string of the molecule is CC[C@H]1OC(=O)[C@H](C)[C@@H](O[C@H]2C[C@@](C)(OC)[C@@H](O)[C@H](C)O2)[C@H](C)[C@@H](O[C@@H]2O[C@H](C)C[C@H](N(C)CCc3cn([C@H](CF)[C@H](OC)c4ccc(-c5ccnc(COC(C)=O)c5)cc4)nn3)[C@H]2O)[C@](C)(OC)C[C@@H](C)/C(=N\OCOC)[C@H](C)[C@@H](O)[C@]1(C)O. The van der Waals surface area contributed by atoms with Crippen molar-refractivity contribution in [2.45, 2.75) is 211 Å². The van der Waals surface area contributed by atoms with Gasteiger partial charge in [-0.25, -0.2) is 9.07 Å². The Hall–Kier alpha value is -4.67. The summed E-state index contributed by atoms with van der Waals surface area (Å²) in [7, 11) is 7.88. The van der Waals surface area contributed by atoms with Gasteiger partial charge in [0.1, 0.15) is 49.3 Å². The van der Waals surface area contributed by atoms with Crippen molar-refractivity contribution >= 4 is 17.7 Å². The predicted molar refractivity (Wildman–Crippen MR) is 309 cm³/mol. The Labute approximate surface area is 500 Å². The number of methoxy groups -OCH3 is 4. The molecule has 3 aliphatic heterocycles. The summed E-state index contributed by atoms with van der Waals surface area (Å²) in [6.45, 7) is 18.2. The van der Waals surface area contributed by atoms with Gasteiger partial charge >= 0.3 is 11.9 Å². The number of alkyl halides is 1. The topological polar surface area (TPSA) is 276 Å². The van der Waals surface area contributed by atoms with Crippen molar-refractivity contribution in [3.63, 3.8) is 0 Å². The highest BCUT2D eigenvalue weighted by Crippen LogP contribution is 2.43. The van der Waals surface area contributed by atoms with Crippen LogP contribution in [0.4, 0.5) is 4.39 Å². The quantitative estimate of drug-likeness (QED) is 0.0384. The van der Waals surface area contributed by atoms with Crippen molar-refractivity contribution in [3.8, 4) is 11.1 Å². The maximum atomic E-state index is 15.1. The Morgan fingerprint density at radius 2 is 1.61 bits per heavy atom. The number of hydrogen-bond acceptors (Lipinski definition) is 22. The Kier molecular flexibility index (Phi) is 24.9. The molecule has 0 amide bonds. The Balaban J connectivity index is 1.28. The molecule has 478 valence electrons. The van der Waals surface area contributed by atoms with Crippen LogP contribution >= 0.6 is 0 Å². The minimum Gasteiger partial charge on any atom is -0.459 e. The molecule has 0 aliphatic carbocycles. The zero-order valence-corrected chi connectivity index (χ0v) is 52.5. The summed E-state index contributed by atoms with van der Waals surface area (Å²) in [5.74, 6) is -4.45. The number of carbonyl (C=O) groups is 2. The highest BCUT2D eigenvalue weighted by atomic mass is 19.1. The van der Waals surface area contributed by atoms with E-state index in [0.29, 0.717) is 36.5 Å². The van der Waals surface area contributed by atoms with Gasteiger partial charge in [-0.05, 0) is 96.7 Å². The number of hydrogen-bond donors (Lipinski definition) is 4. The number of benzene rings is 1. The molecule has 85 heavy (non-hydrogen) atoms. The van der Waals surface area contributed by atoms with Crippen molar-refractivity contribution in [2.24, 2.45) is 28.8 Å². The number of pyridine rings is 1. The molecule has 3 aromatic rings. The molecular weight excluding hydrogens is 1110 g/mol. The number of halogens is 1. The summed E-state index contributed by atoms with van der Waals surface area (Å²) in [6, 6.07) is 9.87. The molecule has 0 spiro atoms. The first kappa shape index (κ1) is 69.4. The van der Waals surface area contributed by atoms with E-state index in [1.165, 1.54) is 47.0 Å². The first-order chi connectivity index (χ1) is 40.2. The molecule has 5 heterocycles. The molecular formula is C61H95FN6O17. The van der Waals surface area contributed by atoms with Crippen LogP contribution in [0.5, 0.6) is 0 Å². The van der Waals surface area contributed by atoms with Crippen molar-refractivity contribution in [1.82, 2.24) is 24.9 Å². The van der Waals surface area contributed by atoms with Gasteiger partial charge in [0.2, 0.25) is 6.79 Å². The number of aliphatic hydroxyl groups excluding tert-OH is 3. The fourth-order valence-electron chi connectivity index (χ4n) is 12.5. The van der Waals surface area contributed by atoms with Gasteiger partial charge in [0.25, 0.3) is 0 Å². The Bertz CT molecular complexity index is 2620. The lowest BCUT2D eigenvalue weighted by atomic mass is 9.73. The van der Waals surface area contributed by atoms with Crippen molar-refractivity contribution in [2.75, 3.05) is 55.5 Å². The van der Waals surface area contributed by atoms with Crippen LogP contribution in [0, 0.1) is 23.7 Å². The predicted octanol–water partition coefficient (Wildman–Crippen LogP) is 6.07. The second-order valence-electron chi connectivity index (χ2n) is 24.1. The molecule has 0 bridgehead atoms. The highest BCUT2D eigenvalue weighted by molar-refractivity contribution is 5.89. The van der Waals surface area contributed by atoms with E-state index in [1.807, 2.05) is 76.0 Å². The molecule has 23 nitrogen and oxygen atoms in total. The number of nitrogens with zero attached hydrogens (tertiary/aromatic N) is 6. The zero-order chi connectivity index (χ0) is 62.7. The lowest BCUT2D eigenvalue weighted by Gasteiger charge is -2.50. The van der Waals surface area contributed by atoms with Gasteiger partial charge in [-0.15, -0.1) is 5.10 Å². The minimum atomic E-state index is -1.98. The molecule has 0 unspecified atom stereocenters. The number of aliphatic hydroxyl groups is 4. The third kappa shape index (κ3) is 16.5. The number of rotatable bonds is 22. The number of cyclic esters (lactones) is 1. The first-order valence-corrected chi connectivity index (χ1v) is 29.5. The van der Waals surface area contributed by atoms with Gasteiger partial charge in [0.05, 0.1) is 64.7 Å². The van der Waals surface area contributed by atoms with Gasteiger partial charge < -0.3 is 77.5 Å². The molecule has 1 aromatic carbocycles. The van der Waals surface area contributed by atoms with Gasteiger partial charge in [0, 0.05) is 90.9 Å². The van der Waals surface area contributed by atoms with Crippen LogP contribution in [0.25, 0.3) is 11.1 Å². The summed E-state index contributed by atoms with van der Waals surface area (Å²) in [4.78, 5) is 38.0. The largest absolute Gasteiger partial charge is 0.459 e. The van der Waals surface area contributed by atoms with E-state index in [0.717, 1.165) is 16.7 Å².